The molecule has 1 saturated heterocycles. The van der Waals surface area contributed by atoms with E-state index < -0.39 is 29.8 Å². The fourth-order valence-electron chi connectivity index (χ4n) is 5.05. The Balaban J connectivity index is 1.46. The van der Waals surface area contributed by atoms with E-state index in [0.29, 0.717) is 25.4 Å². The molecule has 0 aliphatic carbocycles. The van der Waals surface area contributed by atoms with Crippen LogP contribution in [0.15, 0.2) is 102 Å². The largest absolute Gasteiger partial charge is 0.457 e. The van der Waals surface area contributed by atoms with Crippen LogP contribution < -0.4 is 11.5 Å². The molecule has 1 aliphatic rings. The van der Waals surface area contributed by atoms with Gasteiger partial charge >= 0.3 is 0 Å². The highest BCUT2D eigenvalue weighted by Gasteiger charge is 2.57. The number of hydrogen-bond acceptors (Lipinski definition) is 7. The van der Waals surface area contributed by atoms with E-state index in [-0.39, 0.29) is 18.1 Å². The highest BCUT2D eigenvalue weighted by Crippen LogP contribution is 2.48. The van der Waals surface area contributed by atoms with Crippen LogP contribution in [0.3, 0.4) is 0 Å². The van der Waals surface area contributed by atoms with Crippen molar-refractivity contribution in [2.24, 2.45) is 5.73 Å². The monoisotopic (exact) mass is 542 g/mol. The number of amides is 1. The Morgan fingerprint density at radius 3 is 1.95 bits per heavy atom. The molecule has 0 bridgehead atoms. The van der Waals surface area contributed by atoms with E-state index >= 15 is 0 Å². The SMILES string of the molecule is CC1(OCc2ccccc2)C(c2coc(C(N)=O)c2N)OC(COCc2ccccc2)C1OCc1ccccc1. The molecule has 40 heavy (non-hydrogen) atoms. The van der Waals surface area contributed by atoms with Crippen LogP contribution in [0.5, 0.6) is 0 Å². The van der Waals surface area contributed by atoms with Crippen molar-refractivity contribution in [1.29, 1.82) is 0 Å². The number of carbonyl (C=O) groups excluding carboxylic acids is 1. The minimum atomic E-state index is -1.03. The van der Waals surface area contributed by atoms with Gasteiger partial charge in [-0.1, -0.05) is 91.0 Å². The van der Waals surface area contributed by atoms with Crippen LogP contribution in [-0.4, -0.2) is 30.3 Å². The highest BCUT2D eigenvalue weighted by molar-refractivity contribution is 5.95. The van der Waals surface area contributed by atoms with E-state index in [1.165, 1.54) is 6.26 Å². The molecular formula is C32H34N2O6. The number of nitrogen functional groups attached to an aromatic ring is 1. The average Bonchev–Trinajstić information content (AvgIpc) is 3.49. The van der Waals surface area contributed by atoms with E-state index in [9.17, 15) is 4.79 Å². The van der Waals surface area contributed by atoms with Crippen LogP contribution in [0.4, 0.5) is 5.69 Å². The molecule has 0 saturated carbocycles. The van der Waals surface area contributed by atoms with Crippen LogP contribution in [0.25, 0.3) is 0 Å². The first-order chi connectivity index (χ1) is 19.5. The Kier molecular flexibility index (Phi) is 8.62. The Morgan fingerprint density at radius 2 is 1.40 bits per heavy atom. The van der Waals surface area contributed by atoms with Gasteiger partial charge in [0.2, 0.25) is 5.76 Å². The van der Waals surface area contributed by atoms with Gasteiger partial charge in [0, 0.05) is 5.56 Å². The summed E-state index contributed by atoms with van der Waals surface area (Å²) in [5.74, 6) is -0.872. The van der Waals surface area contributed by atoms with Gasteiger partial charge in [0.15, 0.2) is 0 Å². The molecule has 0 radical (unpaired) electrons. The second-order valence-corrected chi connectivity index (χ2v) is 10.0. The van der Waals surface area contributed by atoms with Gasteiger partial charge in [-0.2, -0.15) is 0 Å². The van der Waals surface area contributed by atoms with Crippen molar-refractivity contribution in [2.75, 3.05) is 12.3 Å². The Morgan fingerprint density at radius 1 is 0.850 bits per heavy atom. The number of benzene rings is 3. The van der Waals surface area contributed by atoms with Crippen molar-refractivity contribution >= 4 is 11.6 Å². The van der Waals surface area contributed by atoms with Gasteiger partial charge in [-0.3, -0.25) is 4.79 Å². The Hall–Kier alpha value is -3.95. The number of anilines is 1. The lowest BCUT2D eigenvalue weighted by Crippen LogP contribution is -2.47. The highest BCUT2D eigenvalue weighted by atomic mass is 16.6. The lowest BCUT2D eigenvalue weighted by atomic mass is 9.88. The smallest absolute Gasteiger partial charge is 0.286 e. The Labute approximate surface area is 233 Å². The molecule has 3 aromatic carbocycles. The normalized spacial score (nSPS) is 22.4. The summed E-state index contributed by atoms with van der Waals surface area (Å²) < 4.78 is 31.4. The van der Waals surface area contributed by atoms with Gasteiger partial charge < -0.3 is 34.8 Å². The summed E-state index contributed by atoms with van der Waals surface area (Å²) in [5.41, 5.74) is 14.5. The van der Waals surface area contributed by atoms with Crippen molar-refractivity contribution in [3.63, 3.8) is 0 Å². The van der Waals surface area contributed by atoms with E-state index in [4.69, 9.17) is 34.8 Å². The molecule has 4 aromatic rings. The molecular weight excluding hydrogens is 508 g/mol. The molecule has 4 unspecified atom stereocenters. The quantitative estimate of drug-likeness (QED) is 0.253. The van der Waals surface area contributed by atoms with Crippen molar-refractivity contribution in [1.82, 2.24) is 0 Å². The molecule has 1 aromatic heterocycles. The number of rotatable bonds is 12. The first-order valence-electron chi connectivity index (χ1n) is 13.2. The van der Waals surface area contributed by atoms with Gasteiger partial charge in [-0.05, 0) is 23.6 Å². The second-order valence-electron chi connectivity index (χ2n) is 10.0. The van der Waals surface area contributed by atoms with E-state index in [2.05, 4.69) is 0 Å². The van der Waals surface area contributed by atoms with Crippen LogP contribution in [0.2, 0.25) is 0 Å². The predicted molar refractivity (Wildman–Crippen MR) is 150 cm³/mol. The first kappa shape index (κ1) is 27.6. The summed E-state index contributed by atoms with van der Waals surface area (Å²) in [6, 6.07) is 29.7. The summed E-state index contributed by atoms with van der Waals surface area (Å²) in [7, 11) is 0. The molecule has 1 fully saturated rings. The van der Waals surface area contributed by atoms with Gasteiger partial charge in [-0.25, -0.2) is 0 Å². The average molecular weight is 543 g/mol. The standard InChI is InChI=1S/C32H34N2O6/c1-32(39-19-24-15-9-4-10-16-24)29(25-20-37-28(27(25)33)31(34)35)40-26(21-36-17-22-11-5-2-6-12-22)30(32)38-18-23-13-7-3-8-14-23/h2-16,20,26,29-30H,17-19,21,33H2,1H3,(H2,34,35). The Bertz CT molecular complexity index is 1380. The lowest BCUT2D eigenvalue weighted by molar-refractivity contribution is -0.147. The fraction of sp³-hybridized carbons (Fsp3) is 0.281. The summed E-state index contributed by atoms with van der Waals surface area (Å²) in [4.78, 5) is 11.9. The van der Waals surface area contributed by atoms with Gasteiger partial charge in [0.05, 0.1) is 38.4 Å². The molecule has 8 heteroatoms. The number of hydrogen-bond donors (Lipinski definition) is 2. The third-order valence-corrected chi connectivity index (χ3v) is 7.16. The summed E-state index contributed by atoms with van der Waals surface area (Å²) in [6.07, 6.45) is -0.377. The van der Waals surface area contributed by atoms with E-state index in [1.54, 1.807) is 0 Å². The van der Waals surface area contributed by atoms with Crippen LogP contribution in [-0.2, 0) is 38.8 Å². The molecule has 1 aliphatic heterocycles. The van der Waals surface area contributed by atoms with Gasteiger partial charge in [0.25, 0.3) is 5.91 Å². The molecule has 0 spiro atoms. The van der Waals surface area contributed by atoms with Gasteiger partial charge in [0.1, 0.15) is 23.9 Å². The number of nitrogens with two attached hydrogens (primary N) is 2. The first-order valence-corrected chi connectivity index (χ1v) is 13.2. The second kappa shape index (κ2) is 12.5. The summed E-state index contributed by atoms with van der Waals surface area (Å²) in [5, 5.41) is 0. The number of ether oxygens (including phenoxy) is 4. The molecule has 1 amide bonds. The van der Waals surface area contributed by atoms with Crippen LogP contribution in [0.1, 0.15) is 45.8 Å². The van der Waals surface area contributed by atoms with Crippen molar-refractivity contribution in [3.05, 3.63) is 125 Å². The van der Waals surface area contributed by atoms with Gasteiger partial charge in [-0.15, -0.1) is 0 Å². The maximum absolute atomic E-state index is 11.9. The zero-order valence-corrected chi connectivity index (χ0v) is 22.4. The summed E-state index contributed by atoms with van der Waals surface area (Å²) >= 11 is 0. The minimum Gasteiger partial charge on any atom is -0.457 e. The van der Waals surface area contributed by atoms with E-state index in [0.717, 1.165) is 16.7 Å². The number of furan rings is 1. The van der Waals surface area contributed by atoms with Crippen molar-refractivity contribution in [3.8, 4) is 0 Å². The predicted octanol–water partition coefficient (Wildman–Crippen LogP) is 5.18. The molecule has 2 heterocycles. The third-order valence-electron chi connectivity index (χ3n) is 7.16. The zero-order chi connectivity index (χ0) is 28.0. The summed E-state index contributed by atoms with van der Waals surface area (Å²) in [6.45, 7) is 3.24. The molecule has 4 N–H and O–H groups in total. The van der Waals surface area contributed by atoms with E-state index in [1.807, 2.05) is 97.9 Å². The number of primary amides is 1. The van der Waals surface area contributed by atoms with Crippen molar-refractivity contribution < 1.29 is 28.2 Å². The molecule has 5 rings (SSSR count). The maximum Gasteiger partial charge on any atom is 0.286 e. The third kappa shape index (κ3) is 6.11. The molecule has 8 nitrogen and oxygen atoms in total. The minimum absolute atomic E-state index is 0.116. The zero-order valence-electron chi connectivity index (χ0n) is 22.4. The number of carbonyl (C=O) groups is 1. The van der Waals surface area contributed by atoms with Crippen LogP contribution in [0, 0.1) is 0 Å². The molecule has 208 valence electrons. The van der Waals surface area contributed by atoms with Crippen molar-refractivity contribution in [2.45, 2.75) is 50.7 Å². The fourth-order valence-corrected chi connectivity index (χ4v) is 5.05. The topological polar surface area (TPSA) is 119 Å². The molecule has 4 atom stereocenters. The lowest BCUT2D eigenvalue weighted by Gasteiger charge is -2.35. The van der Waals surface area contributed by atoms with Crippen LogP contribution >= 0.6 is 0 Å². The maximum atomic E-state index is 11.9.